The maximum atomic E-state index is 6.14. The summed E-state index contributed by atoms with van der Waals surface area (Å²) in [5.41, 5.74) is 2.41. The van der Waals surface area contributed by atoms with E-state index in [9.17, 15) is 0 Å². The minimum Gasteiger partial charge on any atom is -0.418 e. The number of rotatable bonds is 8. The number of hydrogen-bond donors (Lipinski definition) is 0. The van der Waals surface area contributed by atoms with E-state index in [0.29, 0.717) is 16.4 Å². The number of benzene rings is 2. The van der Waals surface area contributed by atoms with Gasteiger partial charge in [-0.2, -0.15) is 0 Å². The molecule has 0 spiro atoms. The summed E-state index contributed by atoms with van der Waals surface area (Å²) in [6.45, 7) is 6.36. The molecule has 0 radical (unpaired) electrons. The van der Waals surface area contributed by atoms with Gasteiger partial charge < -0.3 is 4.43 Å². The Morgan fingerprint density at radius 2 is 1.59 bits per heavy atom. The van der Waals surface area contributed by atoms with Crippen LogP contribution in [0.2, 0.25) is 0 Å². The van der Waals surface area contributed by atoms with E-state index in [1.165, 1.54) is 11.1 Å². The average molecular weight is 311 g/mol. The van der Waals surface area contributed by atoms with Gasteiger partial charge in [0.15, 0.2) is 0 Å². The van der Waals surface area contributed by atoms with Crippen molar-refractivity contribution in [1.29, 1.82) is 0 Å². The Hall–Kier alpha value is -1.64. The molecule has 22 heavy (non-hydrogen) atoms. The van der Waals surface area contributed by atoms with E-state index < -0.39 is 0 Å². The van der Waals surface area contributed by atoms with Gasteiger partial charge in [0.1, 0.15) is 10.5 Å². The minimum atomic E-state index is -0.266. The zero-order valence-corrected chi connectivity index (χ0v) is 15.7. The van der Waals surface area contributed by atoms with Gasteiger partial charge in [0, 0.05) is 6.42 Å². The van der Waals surface area contributed by atoms with Crippen LogP contribution in [0.25, 0.3) is 0 Å². The van der Waals surface area contributed by atoms with Gasteiger partial charge >= 0.3 is 0 Å². The zero-order valence-electron chi connectivity index (χ0n) is 13.7. The van der Waals surface area contributed by atoms with Crippen LogP contribution in [-0.2, 0) is 17.3 Å². The fourth-order valence-corrected chi connectivity index (χ4v) is 3.83. The second kappa shape index (κ2) is 8.11. The summed E-state index contributed by atoms with van der Waals surface area (Å²) in [7, 11) is 0.715. The van der Waals surface area contributed by atoms with Gasteiger partial charge in [-0.25, -0.2) is 0 Å². The Bertz CT molecular complexity index is 567. The Kier molecular flexibility index (Phi) is 6.17. The molecule has 2 unspecified atom stereocenters. The van der Waals surface area contributed by atoms with Gasteiger partial charge in [-0.1, -0.05) is 73.7 Å². The fourth-order valence-electron chi connectivity index (χ4n) is 3.18. The number of hydrogen-bond acceptors (Lipinski definition) is 1. The molecular weight excluding hydrogens is 284 g/mol. The Labute approximate surface area is 137 Å². The lowest BCUT2D eigenvalue weighted by atomic mass is 9.77. The minimum absolute atomic E-state index is 0.266. The summed E-state index contributed by atoms with van der Waals surface area (Å²) in [6.07, 6.45) is 5.03. The molecule has 116 valence electrons. The van der Waals surface area contributed by atoms with Crippen LogP contribution < -0.4 is 0 Å². The predicted molar refractivity (Wildman–Crippen MR) is 98.0 cm³/mol. The van der Waals surface area contributed by atoms with Crippen molar-refractivity contribution >= 4 is 10.5 Å². The van der Waals surface area contributed by atoms with Crippen molar-refractivity contribution in [2.24, 2.45) is 5.92 Å². The van der Waals surface area contributed by atoms with Crippen molar-refractivity contribution in [3.63, 3.8) is 0 Å². The van der Waals surface area contributed by atoms with E-state index in [2.05, 4.69) is 74.2 Å². The van der Waals surface area contributed by atoms with Crippen molar-refractivity contribution < 1.29 is 4.43 Å². The summed E-state index contributed by atoms with van der Waals surface area (Å²) in [4.78, 5) is 0. The van der Waals surface area contributed by atoms with E-state index >= 15 is 0 Å². The first-order valence-corrected chi connectivity index (χ1v) is 8.82. The zero-order chi connectivity index (χ0) is 15.8. The first-order chi connectivity index (χ1) is 10.7. The summed E-state index contributed by atoms with van der Waals surface area (Å²) in [5.74, 6) is 0.435. The van der Waals surface area contributed by atoms with Crippen LogP contribution in [0.5, 0.6) is 0 Å². The van der Waals surface area contributed by atoms with E-state index in [1.807, 2.05) is 6.08 Å². The van der Waals surface area contributed by atoms with Crippen LogP contribution in [-0.4, -0.2) is 16.1 Å². The Balaban J connectivity index is 2.25. The largest absolute Gasteiger partial charge is 0.418 e. The van der Waals surface area contributed by atoms with E-state index in [4.69, 9.17) is 4.43 Å². The second-order valence-corrected chi connectivity index (χ2v) is 6.23. The molecule has 0 amide bonds. The molecule has 0 aliphatic carbocycles. The van der Waals surface area contributed by atoms with Gasteiger partial charge in [-0.3, -0.25) is 0 Å². The summed E-state index contributed by atoms with van der Waals surface area (Å²) < 4.78 is 6.14. The monoisotopic (exact) mass is 310 g/mol. The van der Waals surface area contributed by atoms with E-state index in [1.54, 1.807) is 0 Å². The van der Waals surface area contributed by atoms with Gasteiger partial charge in [0.25, 0.3) is 0 Å². The van der Waals surface area contributed by atoms with Gasteiger partial charge in [-0.15, -0.1) is 6.58 Å². The lowest BCUT2D eigenvalue weighted by Crippen LogP contribution is -2.41. The highest BCUT2D eigenvalue weighted by Crippen LogP contribution is 2.32. The maximum absolute atomic E-state index is 6.14. The molecular formula is C20H26OSi. The summed E-state index contributed by atoms with van der Waals surface area (Å²) in [5, 5.41) is 0. The molecule has 0 fully saturated rings. The second-order valence-electron chi connectivity index (χ2n) is 5.82. The normalized spacial score (nSPS) is 15.1. The maximum Gasteiger partial charge on any atom is 0.147 e. The molecule has 0 heterocycles. The van der Waals surface area contributed by atoms with Crippen molar-refractivity contribution in [2.75, 3.05) is 0 Å². The Morgan fingerprint density at radius 1 is 1.05 bits per heavy atom. The van der Waals surface area contributed by atoms with E-state index in [-0.39, 0.29) is 5.60 Å². The molecule has 2 atom stereocenters. The summed E-state index contributed by atoms with van der Waals surface area (Å²) >= 11 is 0. The standard InChI is InChI=1S/C20H26OSi/c1-3-19(15-17-11-7-5-8-12-17)20(4-2,21-22)16-18-13-9-6-10-14-18/h4-14,19H,2-3,15-16H2,1,22H3. The lowest BCUT2D eigenvalue weighted by molar-refractivity contribution is 0.0618. The molecule has 0 aliphatic heterocycles. The Morgan fingerprint density at radius 3 is 2.05 bits per heavy atom. The van der Waals surface area contributed by atoms with E-state index in [0.717, 1.165) is 19.3 Å². The molecule has 2 aromatic carbocycles. The van der Waals surface area contributed by atoms with Crippen LogP contribution in [0.1, 0.15) is 24.5 Å². The van der Waals surface area contributed by atoms with Crippen LogP contribution in [0.15, 0.2) is 73.3 Å². The molecule has 0 saturated heterocycles. The highest BCUT2D eigenvalue weighted by atomic mass is 28.2. The van der Waals surface area contributed by atoms with Crippen LogP contribution >= 0.6 is 0 Å². The molecule has 0 bridgehead atoms. The molecule has 1 nitrogen and oxygen atoms in total. The molecule has 2 rings (SSSR count). The van der Waals surface area contributed by atoms with Gasteiger partial charge in [0.05, 0.1) is 5.60 Å². The fraction of sp³-hybridized carbons (Fsp3) is 0.300. The van der Waals surface area contributed by atoms with Crippen LogP contribution in [0, 0.1) is 5.92 Å². The van der Waals surface area contributed by atoms with Crippen LogP contribution in [0.3, 0.4) is 0 Å². The van der Waals surface area contributed by atoms with Gasteiger partial charge in [0.2, 0.25) is 0 Å². The first kappa shape index (κ1) is 16.7. The molecule has 2 aromatic rings. The third-order valence-corrected chi connectivity index (χ3v) is 5.32. The van der Waals surface area contributed by atoms with Crippen molar-refractivity contribution in [3.05, 3.63) is 84.4 Å². The molecule has 0 saturated carbocycles. The van der Waals surface area contributed by atoms with Gasteiger partial charge in [-0.05, 0) is 29.9 Å². The molecule has 0 aromatic heterocycles. The molecule has 0 N–H and O–H groups in total. The first-order valence-electron chi connectivity index (χ1n) is 8.00. The smallest absolute Gasteiger partial charge is 0.147 e. The quantitative estimate of drug-likeness (QED) is 0.533. The third kappa shape index (κ3) is 3.96. The van der Waals surface area contributed by atoms with Crippen LogP contribution in [0.4, 0.5) is 0 Å². The predicted octanol–water partition coefficient (Wildman–Crippen LogP) is 3.72. The SMILES string of the molecule is C=CC(Cc1ccccc1)(O[SiH3])C(CC)Cc1ccccc1. The lowest BCUT2D eigenvalue weighted by Gasteiger charge is -2.38. The topological polar surface area (TPSA) is 9.23 Å². The average Bonchev–Trinajstić information content (AvgIpc) is 2.59. The van der Waals surface area contributed by atoms with Crippen molar-refractivity contribution in [2.45, 2.75) is 31.8 Å². The highest BCUT2D eigenvalue weighted by Gasteiger charge is 2.34. The third-order valence-electron chi connectivity index (χ3n) is 4.56. The molecule has 2 heteroatoms. The highest BCUT2D eigenvalue weighted by molar-refractivity contribution is 5.98. The summed E-state index contributed by atoms with van der Waals surface area (Å²) in [6, 6.07) is 21.3. The van der Waals surface area contributed by atoms with Crippen molar-refractivity contribution in [3.8, 4) is 0 Å². The van der Waals surface area contributed by atoms with Crippen molar-refractivity contribution in [1.82, 2.24) is 0 Å². The molecule has 0 aliphatic rings.